The number of ether oxygens (including phenoxy) is 1. The van der Waals surface area contributed by atoms with Crippen molar-refractivity contribution >= 4 is 0 Å². The number of aliphatic hydroxyl groups is 1. The Morgan fingerprint density at radius 1 is 1.30 bits per heavy atom. The molecule has 0 aromatic heterocycles. The van der Waals surface area contributed by atoms with Gasteiger partial charge in [0.1, 0.15) is 6.10 Å². The second kappa shape index (κ2) is 6.73. The van der Waals surface area contributed by atoms with Crippen LogP contribution in [0.5, 0.6) is 0 Å². The number of aryl methyl sites for hydroxylation is 1. The van der Waals surface area contributed by atoms with E-state index in [1.165, 1.54) is 12.0 Å². The quantitative estimate of drug-likeness (QED) is 0.870. The highest BCUT2D eigenvalue weighted by Gasteiger charge is 2.42. The highest BCUT2D eigenvalue weighted by atomic mass is 16.5. The zero-order valence-corrected chi connectivity index (χ0v) is 13.1. The van der Waals surface area contributed by atoms with E-state index in [4.69, 9.17) is 4.74 Å². The van der Waals surface area contributed by atoms with Crippen LogP contribution < -0.4 is 0 Å². The van der Waals surface area contributed by atoms with Crippen molar-refractivity contribution in [3.8, 4) is 0 Å². The van der Waals surface area contributed by atoms with E-state index in [9.17, 15) is 5.11 Å². The fraction of sp³-hybridized carbons (Fsp3) is 0.667. The highest BCUT2D eigenvalue weighted by Crippen LogP contribution is 2.43. The average Bonchev–Trinajstić information content (AvgIpc) is 2.47. The van der Waals surface area contributed by atoms with Gasteiger partial charge in [-0.25, -0.2) is 0 Å². The monoisotopic (exact) mass is 276 g/mol. The molecule has 3 unspecified atom stereocenters. The Hall–Kier alpha value is -0.860. The maximum absolute atomic E-state index is 10.9. The molecule has 0 spiro atoms. The minimum absolute atomic E-state index is 0.389. The van der Waals surface area contributed by atoms with E-state index in [-0.39, 0.29) is 5.60 Å². The van der Waals surface area contributed by atoms with Crippen molar-refractivity contribution in [2.45, 2.75) is 64.6 Å². The summed E-state index contributed by atoms with van der Waals surface area (Å²) in [6, 6.07) is 8.35. The van der Waals surface area contributed by atoms with Crippen molar-refractivity contribution in [2.24, 2.45) is 5.92 Å². The number of rotatable bonds is 5. The molecule has 0 aliphatic heterocycles. The first-order chi connectivity index (χ1) is 9.61. The predicted molar refractivity (Wildman–Crippen MR) is 82.8 cm³/mol. The summed E-state index contributed by atoms with van der Waals surface area (Å²) in [6.45, 7) is 7.10. The van der Waals surface area contributed by atoms with Crippen molar-refractivity contribution in [1.82, 2.24) is 0 Å². The zero-order valence-electron chi connectivity index (χ0n) is 13.1. The molecule has 112 valence electrons. The molecular formula is C18H28O2. The minimum atomic E-state index is -0.517. The van der Waals surface area contributed by atoms with E-state index in [1.54, 1.807) is 0 Å². The second-order valence-electron chi connectivity index (χ2n) is 6.20. The van der Waals surface area contributed by atoms with E-state index in [0.717, 1.165) is 31.2 Å². The van der Waals surface area contributed by atoms with Gasteiger partial charge < -0.3 is 9.84 Å². The molecule has 1 saturated carbocycles. The van der Waals surface area contributed by atoms with Gasteiger partial charge in [-0.2, -0.15) is 0 Å². The van der Waals surface area contributed by atoms with Crippen molar-refractivity contribution < 1.29 is 9.84 Å². The van der Waals surface area contributed by atoms with Gasteiger partial charge in [-0.3, -0.25) is 0 Å². The largest absolute Gasteiger partial charge is 0.385 e. The fourth-order valence-electron chi connectivity index (χ4n) is 3.53. The molecule has 1 aliphatic carbocycles. The van der Waals surface area contributed by atoms with Crippen LogP contribution >= 0.6 is 0 Å². The summed E-state index contributed by atoms with van der Waals surface area (Å²) < 4.78 is 6.06. The van der Waals surface area contributed by atoms with Crippen molar-refractivity contribution in [1.29, 1.82) is 0 Å². The van der Waals surface area contributed by atoms with Crippen LogP contribution in [-0.2, 0) is 11.2 Å². The number of benzene rings is 1. The highest BCUT2D eigenvalue weighted by molar-refractivity contribution is 5.26. The van der Waals surface area contributed by atoms with Crippen LogP contribution in [0.4, 0.5) is 0 Å². The fourth-order valence-corrected chi connectivity index (χ4v) is 3.53. The van der Waals surface area contributed by atoms with Crippen molar-refractivity contribution in [3.05, 3.63) is 35.4 Å². The van der Waals surface area contributed by atoms with Crippen LogP contribution in [0.3, 0.4) is 0 Å². The molecular weight excluding hydrogens is 248 g/mol. The van der Waals surface area contributed by atoms with Gasteiger partial charge in [-0.05, 0) is 43.2 Å². The first kappa shape index (κ1) is 15.5. The number of hydrogen-bond donors (Lipinski definition) is 1. The molecule has 0 saturated heterocycles. The molecule has 2 rings (SSSR count). The third kappa shape index (κ3) is 3.24. The Morgan fingerprint density at radius 2 is 2.00 bits per heavy atom. The lowest BCUT2D eigenvalue weighted by molar-refractivity contribution is -0.150. The molecule has 1 fully saturated rings. The van der Waals surface area contributed by atoms with E-state index in [1.807, 2.05) is 6.92 Å². The SMILES string of the molecule is CCOC1(C(O)c2ccc(CC)cc2)CCCC(C)C1. The van der Waals surface area contributed by atoms with Crippen molar-refractivity contribution in [3.63, 3.8) is 0 Å². The van der Waals surface area contributed by atoms with Gasteiger partial charge in [0.05, 0.1) is 5.60 Å². The Labute approximate surface area is 123 Å². The predicted octanol–water partition coefficient (Wildman–Crippen LogP) is 4.27. The van der Waals surface area contributed by atoms with Crippen molar-refractivity contribution in [2.75, 3.05) is 6.61 Å². The molecule has 0 radical (unpaired) electrons. The van der Waals surface area contributed by atoms with Gasteiger partial charge in [0.15, 0.2) is 0 Å². The lowest BCUT2D eigenvalue weighted by Crippen LogP contribution is -2.43. The maximum atomic E-state index is 10.9. The van der Waals surface area contributed by atoms with Gasteiger partial charge in [-0.1, -0.05) is 51.0 Å². The van der Waals surface area contributed by atoms with Crippen LogP contribution in [0.1, 0.15) is 63.7 Å². The number of hydrogen-bond acceptors (Lipinski definition) is 2. The molecule has 20 heavy (non-hydrogen) atoms. The normalized spacial score (nSPS) is 28.3. The van der Waals surface area contributed by atoms with Crippen LogP contribution in [0.25, 0.3) is 0 Å². The number of aliphatic hydroxyl groups excluding tert-OH is 1. The molecule has 1 N–H and O–H groups in total. The van der Waals surface area contributed by atoms with E-state index < -0.39 is 6.10 Å². The first-order valence-electron chi connectivity index (χ1n) is 8.02. The molecule has 2 nitrogen and oxygen atoms in total. The summed E-state index contributed by atoms with van der Waals surface area (Å²) in [5.74, 6) is 0.625. The Balaban J connectivity index is 2.22. The molecule has 3 atom stereocenters. The van der Waals surface area contributed by atoms with Crippen LogP contribution in [0.2, 0.25) is 0 Å². The smallest absolute Gasteiger partial charge is 0.108 e. The van der Waals surface area contributed by atoms with Gasteiger partial charge in [0.25, 0.3) is 0 Å². The summed E-state index contributed by atoms with van der Waals surface area (Å²) in [6.07, 6.45) is 4.82. The summed E-state index contributed by atoms with van der Waals surface area (Å²) in [4.78, 5) is 0. The molecule has 1 aliphatic rings. The second-order valence-corrected chi connectivity index (χ2v) is 6.20. The van der Waals surface area contributed by atoms with Gasteiger partial charge in [0, 0.05) is 6.61 Å². The first-order valence-corrected chi connectivity index (χ1v) is 8.02. The Bertz CT molecular complexity index is 408. The molecule has 1 aromatic rings. The van der Waals surface area contributed by atoms with E-state index >= 15 is 0 Å². The lowest BCUT2D eigenvalue weighted by atomic mass is 9.74. The lowest BCUT2D eigenvalue weighted by Gasteiger charge is -2.43. The summed E-state index contributed by atoms with van der Waals surface area (Å²) in [5, 5.41) is 10.9. The van der Waals surface area contributed by atoms with Crippen LogP contribution in [0.15, 0.2) is 24.3 Å². The molecule has 0 bridgehead atoms. The Kier molecular flexibility index (Phi) is 5.22. The molecule has 2 heteroatoms. The maximum Gasteiger partial charge on any atom is 0.108 e. The van der Waals surface area contributed by atoms with Gasteiger partial charge in [0.2, 0.25) is 0 Å². The Morgan fingerprint density at radius 3 is 2.55 bits per heavy atom. The summed E-state index contributed by atoms with van der Waals surface area (Å²) >= 11 is 0. The van der Waals surface area contributed by atoms with Gasteiger partial charge >= 0.3 is 0 Å². The van der Waals surface area contributed by atoms with Crippen LogP contribution in [-0.4, -0.2) is 17.3 Å². The minimum Gasteiger partial charge on any atom is -0.385 e. The summed E-state index contributed by atoms with van der Waals surface area (Å²) in [7, 11) is 0. The standard InChI is InChI=1S/C18H28O2/c1-4-15-8-10-16(11-9-15)17(19)18(20-5-2)12-6-7-14(3)13-18/h8-11,14,17,19H,4-7,12-13H2,1-3H3. The van der Waals surface area contributed by atoms with Gasteiger partial charge in [-0.15, -0.1) is 0 Å². The summed E-state index contributed by atoms with van der Waals surface area (Å²) in [5.41, 5.74) is 1.91. The third-order valence-electron chi connectivity index (χ3n) is 4.62. The molecule has 1 aromatic carbocycles. The van der Waals surface area contributed by atoms with Crippen LogP contribution in [0, 0.1) is 5.92 Å². The zero-order chi connectivity index (χ0) is 14.6. The molecule has 0 heterocycles. The average molecular weight is 276 g/mol. The topological polar surface area (TPSA) is 29.5 Å². The third-order valence-corrected chi connectivity index (χ3v) is 4.62. The van der Waals surface area contributed by atoms with E-state index in [2.05, 4.69) is 38.1 Å². The van der Waals surface area contributed by atoms with E-state index in [0.29, 0.717) is 12.5 Å². The molecule has 0 amide bonds.